The molecule has 0 radical (unpaired) electrons. The van der Waals surface area contributed by atoms with Crippen LogP contribution in [0.5, 0.6) is 0 Å². The van der Waals surface area contributed by atoms with Crippen molar-refractivity contribution >= 4 is 16.9 Å². The summed E-state index contributed by atoms with van der Waals surface area (Å²) in [7, 11) is 0. The molecule has 6 rings (SSSR count). The van der Waals surface area contributed by atoms with E-state index in [1.807, 2.05) is 24.3 Å². The molecule has 1 aromatic carbocycles. The average molecular weight is 321 g/mol. The zero-order chi connectivity index (χ0) is 16.1. The lowest BCUT2D eigenvalue weighted by Gasteiger charge is -2.54. The summed E-state index contributed by atoms with van der Waals surface area (Å²) in [5.74, 6) is 3.41. The van der Waals surface area contributed by atoms with Gasteiger partial charge in [0.15, 0.2) is 0 Å². The molecule has 4 saturated carbocycles. The number of carbonyl (C=O) groups excluding carboxylic acids is 1. The maximum atomic E-state index is 12.6. The van der Waals surface area contributed by atoms with Gasteiger partial charge in [0.05, 0.1) is 23.1 Å². The third-order valence-electron chi connectivity index (χ3n) is 6.39. The van der Waals surface area contributed by atoms with Crippen molar-refractivity contribution in [3.8, 4) is 0 Å². The Bertz CT molecular complexity index is 759. The summed E-state index contributed by atoms with van der Waals surface area (Å²) in [6, 6.07) is 8.20. The second kappa shape index (κ2) is 5.54. The topological polar surface area (TPSA) is 54.9 Å². The highest BCUT2D eigenvalue weighted by molar-refractivity contribution is 5.80. The largest absolute Gasteiger partial charge is 0.352 e. The third-order valence-corrected chi connectivity index (χ3v) is 6.39. The number of carbonyl (C=O) groups is 1. The van der Waals surface area contributed by atoms with Gasteiger partial charge in [-0.05, 0) is 67.9 Å². The monoisotopic (exact) mass is 321 g/mol. The van der Waals surface area contributed by atoms with Gasteiger partial charge >= 0.3 is 0 Å². The second-order valence-electron chi connectivity index (χ2n) is 8.05. The number of nitrogens with one attached hydrogen (secondary N) is 1. The van der Waals surface area contributed by atoms with Crippen molar-refractivity contribution in [1.29, 1.82) is 0 Å². The number of hydrogen-bond acceptors (Lipinski definition) is 3. The van der Waals surface area contributed by atoms with E-state index >= 15 is 0 Å². The highest BCUT2D eigenvalue weighted by Gasteiger charge is 2.48. The fourth-order valence-corrected chi connectivity index (χ4v) is 5.64. The summed E-state index contributed by atoms with van der Waals surface area (Å²) in [4.78, 5) is 21.5. The van der Waals surface area contributed by atoms with E-state index in [0.29, 0.717) is 24.3 Å². The quantitative estimate of drug-likeness (QED) is 0.945. The lowest BCUT2D eigenvalue weighted by molar-refractivity contribution is -0.124. The van der Waals surface area contributed by atoms with Crippen LogP contribution in [0.3, 0.4) is 0 Å². The standard InChI is InChI=1S/C20H23N3O/c24-19(10-16-11-21-17-3-1-2-4-18(17)22-16)23-20-14-6-12-5-13(8-14)9-15(20)7-12/h1-4,11-15,20H,5-10H2,(H,23,24). The van der Waals surface area contributed by atoms with Crippen LogP contribution in [-0.4, -0.2) is 21.9 Å². The molecular weight excluding hydrogens is 298 g/mol. The summed E-state index contributed by atoms with van der Waals surface area (Å²) in [5, 5.41) is 3.35. The van der Waals surface area contributed by atoms with Gasteiger partial charge in [0.2, 0.25) is 5.91 Å². The number of para-hydroxylation sites is 2. The highest BCUT2D eigenvalue weighted by atomic mass is 16.1. The number of nitrogens with zero attached hydrogens (tertiary/aromatic N) is 2. The van der Waals surface area contributed by atoms with Crippen LogP contribution in [0.25, 0.3) is 11.0 Å². The van der Waals surface area contributed by atoms with Gasteiger partial charge < -0.3 is 5.32 Å². The predicted molar refractivity (Wildman–Crippen MR) is 92.2 cm³/mol. The maximum absolute atomic E-state index is 12.6. The van der Waals surface area contributed by atoms with Crippen LogP contribution in [0, 0.1) is 23.7 Å². The zero-order valence-corrected chi connectivity index (χ0v) is 13.8. The van der Waals surface area contributed by atoms with Crippen LogP contribution in [0.4, 0.5) is 0 Å². The third kappa shape index (κ3) is 2.48. The first-order chi connectivity index (χ1) is 11.7. The van der Waals surface area contributed by atoms with Crippen LogP contribution >= 0.6 is 0 Å². The lowest BCUT2D eigenvalue weighted by atomic mass is 9.54. The number of hydrogen-bond donors (Lipinski definition) is 1. The van der Waals surface area contributed by atoms with Gasteiger partial charge in [-0.25, -0.2) is 4.98 Å². The first-order valence-electron chi connectivity index (χ1n) is 9.24. The molecule has 0 spiro atoms. The molecule has 1 N–H and O–H groups in total. The molecule has 4 bridgehead atoms. The number of amides is 1. The van der Waals surface area contributed by atoms with E-state index in [1.54, 1.807) is 6.20 Å². The molecule has 2 aromatic rings. The maximum Gasteiger partial charge on any atom is 0.226 e. The summed E-state index contributed by atoms with van der Waals surface area (Å²) >= 11 is 0. The van der Waals surface area contributed by atoms with E-state index < -0.39 is 0 Å². The van der Waals surface area contributed by atoms with Crippen molar-refractivity contribution in [3.63, 3.8) is 0 Å². The van der Waals surface area contributed by atoms with E-state index in [9.17, 15) is 4.79 Å². The number of fused-ring (bicyclic) bond motifs is 1. The molecule has 1 aromatic heterocycles. The predicted octanol–water partition coefficient (Wildman–Crippen LogP) is 3.11. The molecule has 4 fully saturated rings. The molecule has 0 unspecified atom stereocenters. The normalized spacial score (nSPS) is 33.8. The van der Waals surface area contributed by atoms with Crippen molar-refractivity contribution in [2.24, 2.45) is 23.7 Å². The van der Waals surface area contributed by atoms with Gasteiger partial charge in [0, 0.05) is 12.2 Å². The summed E-state index contributed by atoms with van der Waals surface area (Å²) in [6.07, 6.45) is 8.82. The summed E-state index contributed by atoms with van der Waals surface area (Å²) in [5.41, 5.74) is 2.50. The van der Waals surface area contributed by atoms with E-state index in [0.717, 1.165) is 28.6 Å². The Labute approximate surface area is 142 Å². The molecule has 1 amide bonds. The van der Waals surface area contributed by atoms with Gasteiger partial charge in [-0.1, -0.05) is 12.1 Å². The van der Waals surface area contributed by atoms with E-state index in [-0.39, 0.29) is 5.91 Å². The van der Waals surface area contributed by atoms with Crippen LogP contribution in [0.1, 0.15) is 37.8 Å². The molecule has 0 saturated heterocycles. The minimum Gasteiger partial charge on any atom is -0.352 e. The van der Waals surface area contributed by atoms with Crippen molar-refractivity contribution in [3.05, 3.63) is 36.2 Å². The van der Waals surface area contributed by atoms with Crippen molar-refractivity contribution < 1.29 is 4.79 Å². The molecule has 4 aliphatic carbocycles. The Balaban J connectivity index is 1.28. The van der Waals surface area contributed by atoms with Crippen molar-refractivity contribution in [2.75, 3.05) is 0 Å². The Hall–Kier alpha value is -1.97. The Kier molecular flexibility index (Phi) is 3.32. The molecule has 124 valence electrons. The second-order valence-corrected chi connectivity index (χ2v) is 8.05. The van der Waals surface area contributed by atoms with Crippen molar-refractivity contribution in [2.45, 2.75) is 44.6 Å². The number of benzene rings is 1. The molecule has 0 aliphatic heterocycles. The first-order valence-corrected chi connectivity index (χ1v) is 9.24. The average Bonchev–Trinajstić information content (AvgIpc) is 2.57. The minimum absolute atomic E-state index is 0.108. The van der Waals surface area contributed by atoms with Gasteiger partial charge in [0.25, 0.3) is 0 Å². The fourth-order valence-electron chi connectivity index (χ4n) is 5.64. The van der Waals surface area contributed by atoms with Gasteiger partial charge in [-0.15, -0.1) is 0 Å². The fraction of sp³-hybridized carbons (Fsp3) is 0.550. The molecule has 24 heavy (non-hydrogen) atoms. The minimum atomic E-state index is 0.108. The zero-order valence-electron chi connectivity index (χ0n) is 13.8. The van der Waals surface area contributed by atoms with E-state index in [1.165, 1.54) is 32.1 Å². The molecular formula is C20H23N3O. The van der Waals surface area contributed by atoms with Crippen LogP contribution < -0.4 is 5.32 Å². The Morgan fingerprint density at radius 3 is 2.38 bits per heavy atom. The molecule has 4 heteroatoms. The van der Waals surface area contributed by atoms with Crippen LogP contribution in [0.15, 0.2) is 30.5 Å². The van der Waals surface area contributed by atoms with E-state index in [4.69, 9.17) is 0 Å². The van der Waals surface area contributed by atoms with Gasteiger partial charge in [0.1, 0.15) is 0 Å². The lowest BCUT2D eigenvalue weighted by Crippen LogP contribution is -2.56. The Morgan fingerprint density at radius 1 is 1.00 bits per heavy atom. The van der Waals surface area contributed by atoms with Crippen LogP contribution in [0.2, 0.25) is 0 Å². The van der Waals surface area contributed by atoms with Crippen molar-refractivity contribution in [1.82, 2.24) is 15.3 Å². The Morgan fingerprint density at radius 2 is 1.67 bits per heavy atom. The number of aromatic nitrogens is 2. The molecule has 4 nitrogen and oxygen atoms in total. The SMILES string of the molecule is O=C(Cc1cnc2ccccc2n1)NC1C2CC3CC(C2)CC1C3. The molecule has 4 aliphatic rings. The van der Waals surface area contributed by atoms with Crippen LogP contribution in [-0.2, 0) is 11.2 Å². The van der Waals surface area contributed by atoms with Gasteiger partial charge in [-0.3, -0.25) is 9.78 Å². The molecule has 0 atom stereocenters. The van der Waals surface area contributed by atoms with E-state index in [2.05, 4.69) is 15.3 Å². The first kappa shape index (κ1) is 14.4. The van der Waals surface area contributed by atoms with Gasteiger partial charge in [-0.2, -0.15) is 0 Å². The number of rotatable bonds is 3. The summed E-state index contributed by atoms with van der Waals surface area (Å²) < 4.78 is 0. The smallest absolute Gasteiger partial charge is 0.226 e. The summed E-state index contributed by atoms with van der Waals surface area (Å²) in [6.45, 7) is 0. The molecule has 1 heterocycles. The highest BCUT2D eigenvalue weighted by Crippen LogP contribution is 2.53.